The van der Waals surface area contributed by atoms with Crippen LogP contribution >= 0.6 is 0 Å². The Kier molecular flexibility index (Phi) is 7.45. The number of nitrogens with zero attached hydrogens (tertiary/aromatic N) is 1. The van der Waals surface area contributed by atoms with E-state index in [1.54, 1.807) is 19.9 Å². The average molecular weight is 445 g/mol. The van der Waals surface area contributed by atoms with Crippen molar-refractivity contribution in [2.24, 2.45) is 0 Å². The molecule has 0 atom stereocenters. The van der Waals surface area contributed by atoms with Crippen LogP contribution in [0.5, 0.6) is 11.5 Å². The monoisotopic (exact) mass is 444 g/mol. The van der Waals surface area contributed by atoms with Crippen LogP contribution in [0.4, 0.5) is 0 Å². The van der Waals surface area contributed by atoms with E-state index in [9.17, 15) is 14.7 Å². The largest absolute Gasteiger partial charge is 0.504 e. The fourth-order valence-corrected chi connectivity index (χ4v) is 4.58. The molecular weight excluding hydrogens is 412 g/mol. The highest BCUT2D eigenvalue weighted by molar-refractivity contribution is 5.99. The Hall–Kier alpha value is -3.00. The van der Waals surface area contributed by atoms with Crippen molar-refractivity contribution in [1.82, 2.24) is 10.2 Å². The first kappa shape index (κ1) is 23.7. The number of esters is 2. The van der Waals surface area contributed by atoms with Gasteiger partial charge < -0.3 is 24.6 Å². The maximum atomic E-state index is 12.8. The van der Waals surface area contributed by atoms with Crippen LogP contribution in [-0.2, 0) is 25.6 Å². The number of phenols is 1. The van der Waals surface area contributed by atoms with Gasteiger partial charge in [-0.15, -0.1) is 0 Å². The lowest BCUT2D eigenvalue weighted by atomic mass is 9.79. The third-order valence-electron chi connectivity index (χ3n) is 6.14. The number of hydrogen-bond acceptors (Lipinski definition) is 8. The van der Waals surface area contributed by atoms with Crippen molar-refractivity contribution < 1.29 is 28.9 Å². The number of carbonyl (C=O) groups is 2. The summed E-state index contributed by atoms with van der Waals surface area (Å²) in [7, 11) is 4.10. The molecule has 3 rings (SSSR count). The summed E-state index contributed by atoms with van der Waals surface area (Å²) in [4.78, 5) is 27.8. The third-order valence-corrected chi connectivity index (χ3v) is 6.14. The summed E-state index contributed by atoms with van der Waals surface area (Å²) >= 11 is 0. The fraction of sp³-hybridized carbons (Fsp3) is 0.500. The summed E-state index contributed by atoms with van der Waals surface area (Å²) < 4.78 is 15.5. The van der Waals surface area contributed by atoms with Crippen molar-refractivity contribution in [3.8, 4) is 11.5 Å². The number of phenolic OH excluding ortho intramolecular Hbond substituents is 1. The lowest BCUT2D eigenvalue weighted by molar-refractivity contribution is -0.137. The van der Waals surface area contributed by atoms with Gasteiger partial charge in [-0.25, -0.2) is 9.59 Å². The van der Waals surface area contributed by atoms with Crippen molar-refractivity contribution >= 4 is 11.9 Å². The molecule has 2 aliphatic heterocycles. The van der Waals surface area contributed by atoms with E-state index in [2.05, 4.69) is 10.2 Å². The average Bonchev–Trinajstić information content (AvgIpc) is 2.79. The number of methoxy groups -OCH3 is 3. The van der Waals surface area contributed by atoms with Gasteiger partial charge in [0.05, 0.1) is 38.4 Å². The molecule has 2 heterocycles. The van der Waals surface area contributed by atoms with E-state index in [4.69, 9.17) is 14.2 Å². The van der Waals surface area contributed by atoms with E-state index < -0.39 is 17.9 Å². The van der Waals surface area contributed by atoms with Crippen LogP contribution in [-0.4, -0.2) is 56.4 Å². The molecule has 1 aromatic rings. The van der Waals surface area contributed by atoms with Crippen molar-refractivity contribution in [3.05, 3.63) is 45.8 Å². The highest BCUT2D eigenvalue weighted by atomic mass is 16.5. The number of carbonyl (C=O) groups excluding carboxylic acids is 2. The third kappa shape index (κ3) is 4.60. The van der Waals surface area contributed by atoms with E-state index >= 15 is 0 Å². The maximum absolute atomic E-state index is 12.8. The molecule has 174 valence electrons. The predicted octanol–water partition coefficient (Wildman–Crippen LogP) is 2.97. The number of benzene rings is 1. The van der Waals surface area contributed by atoms with Gasteiger partial charge in [0.25, 0.3) is 0 Å². The quantitative estimate of drug-likeness (QED) is 0.647. The first-order valence-corrected chi connectivity index (χ1v) is 10.8. The number of ether oxygens (including phenoxy) is 3. The van der Waals surface area contributed by atoms with E-state index in [1.807, 2.05) is 6.07 Å². The fourth-order valence-electron chi connectivity index (χ4n) is 4.58. The number of rotatable bonds is 6. The van der Waals surface area contributed by atoms with Crippen LogP contribution in [0.25, 0.3) is 0 Å². The molecule has 0 aromatic heterocycles. The van der Waals surface area contributed by atoms with E-state index in [1.165, 1.54) is 27.8 Å². The smallest absolute Gasteiger partial charge is 0.336 e. The number of hydrogen-bond donors (Lipinski definition) is 2. The second-order valence-corrected chi connectivity index (χ2v) is 8.19. The van der Waals surface area contributed by atoms with Gasteiger partial charge in [-0.05, 0) is 57.5 Å². The van der Waals surface area contributed by atoms with Gasteiger partial charge in [-0.1, -0.05) is 6.42 Å². The first-order valence-electron chi connectivity index (χ1n) is 10.8. The SMILES string of the molecule is COC(=O)C1=C(C)NC(C)=C(C(=O)OC)C1c1cc(CN2CCCCC2)c(O)c(OC)c1. The second kappa shape index (κ2) is 10.1. The molecule has 0 spiro atoms. The summed E-state index contributed by atoms with van der Waals surface area (Å²) in [5, 5.41) is 13.9. The van der Waals surface area contributed by atoms with Crippen molar-refractivity contribution in [3.63, 3.8) is 0 Å². The minimum atomic E-state index is -0.731. The standard InChI is InChI=1S/C24H32N2O6/c1-14-19(23(28)31-4)21(20(15(2)25-14)24(29)32-5)16-11-17(22(27)18(12-16)30-3)13-26-9-7-6-8-10-26/h11-12,21,25,27H,6-10,13H2,1-5H3. The molecule has 1 fully saturated rings. The molecule has 8 heteroatoms. The molecule has 8 nitrogen and oxygen atoms in total. The Morgan fingerprint density at radius 1 is 1.00 bits per heavy atom. The molecule has 32 heavy (non-hydrogen) atoms. The molecule has 1 saturated heterocycles. The maximum Gasteiger partial charge on any atom is 0.336 e. The zero-order valence-corrected chi connectivity index (χ0v) is 19.4. The first-order chi connectivity index (χ1) is 15.3. The molecule has 0 radical (unpaired) electrons. The Morgan fingerprint density at radius 3 is 2.06 bits per heavy atom. The molecule has 0 bridgehead atoms. The Balaban J connectivity index is 2.17. The molecule has 0 aliphatic carbocycles. The number of piperidine rings is 1. The summed E-state index contributed by atoms with van der Waals surface area (Å²) in [6.45, 7) is 6.00. The normalized spacial score (nSPS) is 17.8. The summed E-state index contributed by atoms with van der Waals surface area (Å²) in [5.41, 5.74) is 3.15. The Morgan fingerprint density at radius 2 is 1.56 bits per heavy atom. The van der Waals surface area contributed by atoms with Crippen molar-refractivity contribution in [2.75, 3.05) is 34.4 Å². The topological polar surface area (TPSA) is 97.3 Å². The molecule has 2 aliphatic rings. The van der Waals surface area contributed by atoms with Gasteiger partial charge in [0.1, 0.15) is 0 Å². The van der Waals surface area contributed by atoms with Crippen LogP contribution in [0.15, 0.2) is 34.7 Å². The summed E-state index contributed by atoms with van der Waals surface area (Å²) in [6.07, 6.45) is 3.45. The lowest BCUT2D eigenvalue weighted by Crippen LogP contribution is -2.32. The molecule has 2 N–H and O–H groups in total. The number of nitrogens with one attached hydrogen (secondary N) is 1. The lowest BCUT2D eigenvalue weighted by Gasteiger charge is -2.31. The minimum absolute atomic E-state index is 0.0661. The van der Waals surface area contributed by atoms with Gasteiger partial charge >= 0.3 is 11.9 Å². The Bertz CT molecular complexity index is 921. The van der Waals surface area contributed by atoms with Gasteiger partial charge in [0.2, 0.25) is 0 Å². The van der Waals surface area contributed by atoms with Crippen LogP contribution in [0, 0.1) is 0 Å². The molecule has 0 unspecified atom stereocenters. The van der Waals surface area contributed by atoms with Gasteiger partial charge in [0.15, 0.2) is 11.5 Å². The van der Waals surface area contributed by atoms with E-state index in [0.29, 0.717) is 40.2 Å². The van der Waals surface area contributed by atoms with Gasteiger partial charge in [-0.2, -0.15) is 0 Å². The molecule has 0 saturated carbocycles. The minimum Gasteiger partial charge on any atom is -0.504 e. The zero-order chi connectivity index (χ0) is 23.4. The van der Waals surface area contributed by atoms with Crippen LogP contribution in [0.3, 0.4) is 0 Å². The van der Waals surface area contributed by atoms with E-state index in [0.717, 1.165) is 25.9 Å². The zero-order valence-electron chi connectivity index (χ0n) is 19.4. The van der Waals surface area contributed by atoms with Crippen LogP contribution in [0.1, 0.15) is 50.2 Å². The molecular formula is C24H32N2O6. The van der Waals surface area contributed by atoms with Crippen LogP contribution in [0.2, 0.25) is 0 Å². The van der Waals surface area contributed by atoms with Crippen LogP contribution < -0.4 is 10.1 Å². The number of allylic oxidation sites excluding steroid dienone is 2. The van der Waals surface area contributed by atoms with E-state index in [-0.39, 0.29) is 11.5 Å². The van der Waals surface area contributed by atoms with Gasteiger partial charge in [-0.3, -0.25) is 4.90 Å². The number of likely N-dealkylation sites (tertiary alicyclic amines) is 1. The predicted molar refractivity (Wildman–Crippen MR) is 119 cm³/mol. The number of dihydropyridines is 1. The second-order valence-electron chi connectivity index (χ2n) is 8.19. The highest BCUT2D eigenvalue weighted by Gasteiger charge is 2.38. The molecule has 1 aromatic carbocycles. The van der Waals surface area contributed by atoms with Crippen molar-refractivity contribution in [2.45, 2.75) is 45.6 Å². The van der Waals surface area contributed by atoms with Crippen molar-refractivity contribution in [1.29, 1.82) is 0 Å². The Labute approximate surface area is 188 Å². The number of aromatic hydroxyl groups is 1. The highest BCUT2D eigenvalue weighted by Crippen LogP contribution is 2.43. The van der Waals surface area contributed by atoms with Gasteiger partial charge in [0, 0.05) is 23.5 Å². The molecule has 0 amide bonds. The summed E-state index contributed by atoms with van der Waals surface area (Å²) in [6, 6.07) is 3.51. The summed E-state index contributed by atoms with van der Waals surface area (Å²) in [5.74, 6) is -1.46.